The predicted octanol–water partition coefficient (Wildman–Crippen LogP) is 5.42. The van der Waals surface area contributed by atoms with Crippen LogP contribution >= 0.6 is 11.3 Å². The Bertz CT molecular complexity index is 756. The van der Waals surface area contributed by atoms with E-state index in [4.69, 9.17) is 5.53 Å². The second-order valence-corrected chi connectivity index (χ2v) is 5.00. The molecule has 96 valence electrons. The molecule has 2 aromatic carbocycles. The number of hydrogen-bond acceptors (Lipinski definition) is 3. The Morgan fingerprint density at radius 2 is 1.70 bits per heavy atom. The second-order valence-electron chi connectivity index (χ2n) is 4.14. The standard InChI is InChI=1S/C15H10N4S/c16-19-18-13-8-6-11(7-9-13)14-10-20-15(17-14)12-4-2-1-3-5-12/h1-10H. The molecule has 0 aliphatic rings. The fourth-order valence-corrected chi connectivity index (χ4v) is 2.71. The van der Waals surface area contributed by atoms with Crippen LogP contribution in [0.4, 0.5) is 5.69 Å². The fourth-order valence-electron chi connectivity index (χ4n) is 1.87. The summed E-state index contributed by atoms with van der Waals surface area (Å²) in [5.74, 6) is 0. The van der Waals surface area contributed by atoms with Gasteiger partial charge in [0.1, 0.15) is 5.01 Å². The number of thiazole rings is 1. The summed E-state index contributed by atoms with van der Waals surface area (Å²) in [5, 5.41) is 6.59. The van der Waals surface area contributed by atoms with E-state index in [0.717, 1.165) is 21.8 Å². The zero-order valence-electron chi connectivity index (χ0n) is 10.5. The van der Waals surface area contributed by atoms with Crippen molar-refractivity contribution in [2.45, 2.75) is 0 Å². The largest absolute Gasteiger partial charge is 0.236 e. The second kappa shape index (κ2) is 5.57. The summed E-state index contributed by atoms with van der Waals surface area (Å²) in [7, 11) is 0. The van der Waals surface area contributed by atoms with Crippen molar-refractivity contribution in [3.05, 3.63) is 70.4 Å². The highest BCUT2D eigenvalue weighted by molar-refractivity contribution is 7.13. The molecule has 0 saturated heterocycles. The van der Waals surface area contributed by atoms with Crippen LogP contribution in [0.15, 0.2) is 65.1 Å². The molecule has 0 radical (unpaired) electrons. The molecule has 3 aromatic rings. The van der Waals surface area contributed by atoms with Crippen LogP contribution in [-0.4, -0.2) is 4.98 Å². The average molecular weight is 278 g/mol. The van der Waals surface area contributed by atoms with Crippen molar-refractivity contribution in [1.82, 2.24) is 4.98 Å². The molecule has 0 aliphatic carbocycles. The van der Waals surface area contributed by atoms with Gasteiger partial charge in [0.15, 0.2) is 0 Å². The van der Waals surface area contributed by atoms with E-state index >= 15 is 0 Å². The first-order chi connectivity index (χ1) is 9.86. The maximum atomic E-state index is 8.38. The van der Waals surface area contributed by atoms with Crippen molar-refractivity contribution < 1.29 is 0 Å². The normalized spacial score (nSPS) is 10.0. The van der Waals surface area contributed by atoms with Gasteiger partial charge in [0.05, 0.1) is 5.69 Å². The summed E-state index contributed by atoms with van der Waals surface area (Å²) in [6.07, 6.45) is 0. The molecule has 0 aliphatic heterocycles. The van der Waals surface area contributed by atoms with Gasteiger partial charge in [-0.05, 0) is 5.53 Å². The smallest absolute Gasteiger partial charge is 0.124 e. The Morgan fingerprint density at radius 1 is 0.950 bits per heavy atom. The molecule has 0 fully saturated rings. The first kappa shape index (κ1) is 12.4. The summed E-state index contributed by atoms with van der Waals surface area (Å²) in [4.78, 5) is 7.41. The maximum Gasteiger partial charge on any atom is 0.124 e. The van der Waals surface area contributed by atoms with Crippen LogP contribution in [0.3, 0.4) is 0 Å². The lowest BCUT2D eigenvalue weighted by molar-refractivity contribution is 1.39. The lowest BCUT2D eigenvalue weighted by Crippen LogP contribution is -1.78. The summed E-state index contributed by atoms with van der Waals surface area (Å²) >= 11 is 1.62. The minimum atomic E-state index is 0.606. The van der Waals surface area contributed by atoms with Crippen molar-refractivity contribution in [2.75, 3.05) is 0 Å². The molecule has 4 nitrogen and oxygen atoms in total. The Balaban J connectivity index is 1.92. The molecule has 0 spiro atoms. The molecule has 3 rings (SSSR count). The van der Waals surface area contributed by atoms with Crippen LogP contribution in [0, 0.1) is 0 Å². The molecule has 0 N–H and O–H groups in total. The van der Waals surface area contributed by atoms with Crippen molar-refractivity contribution in [1.29, 1.82) is 0 Å². The van der Waals surface area contributed by atoms with E-state index in [0.29, 0.717) is 5.69 Å². The third-order valence-corrected chi connectivity index (χ3v) is 3.74. The van der Waals surface area contributed by atoms with Gasteiger partial charge in [0.2, 0.25) is 0 Å². The van der Waals surface area contributed by atoms with Crippen LogP contribution in [0.2, 0.25) is 0 Å². The van der Waals surface area contributed by atoms with Gasteiger partial charge >= 0.3 is 0 Å². The van der Waals surface area contributed by atoms with Gasteiger partial charge in [-0.2, -0.15) is 0 Å². The Kier molecular flexibility index (Phi) is 3.46. The van der Waals surface area contributed by atoms with E-state index in [1.165, 1.54) is 0 Å². The number of hydrogen-bond donors (Lipinski definition) is 0. The maximum absolute atomic E-state index is 8.38. The third-order valence-electron chi connectivity index (χ3n) is 2.85. The SMILES string of the molecule is [N-]=[N+]=Nc1ccc(-c2csc(-c3ccccc3)n2)cc1. The van der Waals surface area contributed by atoms with Crippen LogP contribution in [0.25, 0.3) is 32.3 Å². The highest BCUT2D eigenvalue weighted by atomic mass is 32.1. The Labute approximate surface area is 120 Å². The molecule has 0 saturated carbocycles. The van der Waals surface area contributed by atoms with Gasteiger partial charge in [0, 0.05) is 27.1 Å². The zero-order valence-corrected chi connectivity index (χ0v) is 11.3. The predicted molar refractivity (Wildman–Crippen MR) is 81.8 cm³/mol. The lowest BCUT2D eigenvalue weighted by Gasteiger charge is -1.97. The van der Waals surface area contributed by atoms with Crippen molar-refractivity contribution in [2.24, 2.45) is 5.11 Å². The van der Waals surface area contributed by atoms with Crippen molar-refractivity contribution in [3.63, 3.8) is 0 Å². The van der Waals surface area contributed by atoms with Gasteiger partial charge in [0.25, 0.3) is 0 Å². The Morgan fingerprint density at radius 3 is 2.40 bits per heavy atom. The van der Waals surface area contributed by atoms with Gasteiger partial charge in [-0.1, -0.05) is 59.7 Å². The van der Waals surface area contributed by atoms with E-state index in [9.17, 15) is 0 Å². The molecule has 20 heavy (non-hydrogen) atoms. The van der Waals surface area contributed by atoms with Crippen LogP contribution in [0.1, 0.15) is 0 Å². The van der Waals surface area contributed by atoms with E-state index in [1.807, 2.05) is 47.8 Å². The summed E-state index contributed by atoms with van der Waals surface area (Å²) in [6.45, 7) is 0. The monoisotopic (exact) mass is 278 g/mol. The van der Waals surface area contributed by atoms with Crippen molar-refractivity contribution >= 4 is 17.0 Å². The lowest BCUT2D eigenvalue weighted by atomic mass is 10.1. The van der Waals surface area contributed by atoms with Gasteiger partial charge in [-0.15, -0.1) is 11.3 Å². The van der Waals surface area contributed by atoms with Gasteiger partial charge in [-0.25, -0.2) is 4.98 Å². The number of rotatable bonds is 3. The number of aromatic nitrogens is 1. The highest BCUT2D eigenvalue weighted by Gasteiger charge is 2.06. The van der Waals surface area contributed by atoms with Gasteiger partial charge < -0.3 is 0 Å². The fraction of sp³-hybridized carbons (Fsp3) is 0. The van der Waals surface area contributed by atoms with E-state index in [-0.39, 0.29) is 0 Å². The van der Waals surface area contributed by atoms with Crippen LogP contribution in [0.5, 0.6) is 0 Å². The minimum Gasteiger partial charge on any atom is -0.236 e. The molecule has 0 atom stereocenters. The first-order valence-corrected chi connectivity index (χ1v) is 6.91. The van der Waals surface area contributed by atoms with E-state index in [2.05, 4.69) is 15.0 Å². The highest BCUT2D eigenvalue weighted by Crippen LogP contribution is 2.29. The minimum absolute atomic E-state index is 0.606. The molecule has 1 heterocycles. The van der Waals surface area contributed by atoms with E-state index < -0.39 is 0 Å². The summed E-state index contributed by atoms with van der Waals surface area (Å²) in [5.41, 5.74) is 12.1. The average Bonchev–Trinajstić information content (AvgIpc) is 2.99. The zero-order chi connectivity index (χ0) is 13.8. The molecule has 0 amide bonds. The molecule has 5 heteroatoms. The third kappa shape index (κ3) is 2.54. The van der Waals surface area contributed by atoms with Crippen molar-refractivity contribution in [3.8, 4) is 21.8 Å². The number of azide groups is 1. The van der Waals surface area contributed by atoms with E-state index in [1.54, 1.807) is 23.5 Å². The first-order valence-electron chi connectivity index (χ1n) is 6.03. The van der Waals surface area contributed by atoms with Crippen LogP contribution in [-0.2, 0) is 0 Å². The molecule has 1 aromatic heterocycles. The summed E-state index contributed by atoms with van der Waals surface area (Å²) < 4.78 is 0. The summed E-state index contributed by atoms with van der Waals surface area (Å²) in [6, 6.07) is 17.5. The van der Waals surface area contributed by atoms with Crippen LogP contribution < -0.4 is 0 Å². The van der Waals surface area contributed by atoms with Gasteiger partial charge in [-0.3, -0.25) is 0 Å². The number of nitrogens with zero attached hydrogens (tertiary/aromatic N) is 4. The number of benzene rings is 2. The molecule has 0 unspecified atom stereocenters. The Hall–Kier alpha value is -2.62. The quantitative estimate of drug-likeness (QED) is 0.358. The molecule has 0 bridgehead atoms. The molecular formula is C15H10N4S. The molecular weight excluding hydrogens is 268 g/mol. The topological polar surface area (TPSA) is 61.7 Å².